The van der Waals surface area contributed by atoms with Crippen molar-refractivity contribution in [3.63, 3.8) is 0 Å². The summed E-state index contributed by atoms with van der Waals surface area (Å²) in [6.07, 6.45) is 0. The van der Waals surface area contributed by atoms with Crippen molar-refractivity contribution in [1.29, 1.82) is 0 Å². The average molecular weight is 372 g/mol. The molecule has 0 saturated heterocycles. The summed E-state index contributed by atoms with van der Waals surface area (Å²) in [6.45, 7) is 3.37. The van der Waals surface area contributed by atoms with E-state index in [1.165, 1.54) is 11.3 Å². The fraction of sp³-hybridized carbons (Fsp3) is 0.250. The summed E-state index contributed by atoms with van der Waals surface area (Å²) in [4.78, 5) is 25.1. The minimum Gasteiger partial charge on any atom is -0.451 e. The molecule has 1 amide bonds. The lowest BCUT2D eigenvalue weighted by Crippen LogP contribution is -2.31. The van der Waals surface area contributed by atoms with Crippen LogP contribution in [0.25, 0.3) is 0 Å². The molecule has 1 heterocycles. The predicted molar refractivity (Wildman–Crippen MR) is 92.4 cm³/mol. The zero-order valence-corrected chi connectivity index (χ0v) is 14.9. The standard InChI is InChI=1S/C16H15Cl2NO3S/c1-9-3-6-14(23-9)16(21)22-8-15(20)19-10(2)11-4-5-12(17)13(18)7-11/h3-7,10H,8H2,1-2H3,(H,19,20)/t10-/m0/s1. The number of benzene rings is 1. The predicted octanol–water partition coefficient (Wildman–Crippen LogP) is 4.40. The third-order valence-corrected chi connectivity index (χ3v) is 4.82. The maximum absolute atomic E-state index is 11.9. The summed E-state index contributed by atoms with van der Waals surface area (Å²) in [5.74, 6) is -0.884. The lowest BCUT2D eigenvalue weighted by Gasteiger charge is -2.15. The molecule has 0 spiro atoms. The van der Waals surface area contributed by atoms with E-state index in [9.17, 15) is 9.59 Å². The number of aryl methyl sites for hydroxylation is 1. The van der Waals surface area contributed by atoms with Gasteiger partial charge in [-0.2, -0.15) is 0 Å². The van der Waals surface area contributed by atoms with E-state index in [2.05, 4.69) is 5.32 Å². The van der Waals surface area contributed by atoms with Gasteiger partial charge >= 0.3 is 5.97 Å². The Morgan fingerprint density at radius 1 is 1.22 bits per heavy atom. The van der Waals surface area contributed by atoms with Gasteiger partial charge in [0.1, 0.15) is 4.88 Å². The molecule has 0 radical (unpaired) electrons. The van der Waals surface area contributed by atoms with Gasteiger partial charge in [0.05, 0.1) is 16.1 Å². The SMILES string of the molecule is Cc1ccc(C(=O)OCC(=O)N[C@@H](C)c2ccc(Cl)c(Cl)c2)s1. The van der Waals surface area contributed by atoms with Gasteiger partial charge < -0.3 is 10.1 Å². The Morgan fingerprint density at radius 3 is 2.57 bits per heavy atom. The van der Waals surface area contributed by atoms with E-state index >= 15 is 0 Å². The number of nitrogens with one attached hydrogen (secondary N) is 1. The molecule has 0 aliphatic carbocycles. The Hall–Kier alpha value is -1.56. The molecule has 0 fully saturated rings. The molecule has 1 aromatic carbocycles. The smallest absolute Gasteiger partial charge is 0.348 e. The van der Waals surface area contributed by atoms with Crippen molar-refractivity contribution in [1.82, 2.24) is 5.32 Å². The summed E-state index contributed by atoms with van der Waals surface area (Å²) >= 11 is 13.1. The molecule has 0 unspecified atom stereocenters. The second-order valence-corrected chi connectivity index (χ2v) is 7.05. The molecule has 1 atom stereocenters. The highest BCUT2D eigenvalue weighted by atomic mass is 35.5. The molecule has 122 valence electrons. The topological polar surface area (TPSA) is 55.4 Å². The third-order valence-electron chi connectivity index (χ3n) is 3.10. The Labute approximate surface area is 148 Å². The molecule has 23 heavy (non-hydrogen) atoms. The maximum Gasteiger partial charge on any atom is 0.348 e. The number of halogens is 2. The van der Waals surface area contributed by atoms with Crippen LogP contribution in [0.5, 0.6) is 0 Å². The molecule has 1 aromatic heterocycles. The normalized spacial score (nSPS) is 11.8. The number of amides is 1. The molecular weight excluding hydrogens is 357 g/mol. The van der Waals surface area contributed by atoms with Crippen LogP contribution in [0.2, 0.25) is 10.0 Å². The number of carbonyl (C=O) groups is 2. The van der Waals surface area contributed by atoms with Crippen molar-refractivity contribution >= 4 is 46.4 Å². The Kier molecular flexibility index (Phi) is 6.04. The van der Waals surface area contributed by atoms with Crippen LogP contribution in [-0.4, -0.2) is 18.5 Å². The largest absolute Gasteiger partial charge is 0.451 e. The van der Waals surface area contributed by atoms with Crippen molar-refractivity contribution < 1.29 is 14.3 Å². The summed E-state index contributed by atoms with van der Waals surface area (Å²) in [7, 11) is 0. The van der Waals surface area contributed by atoms with Crippen LogP contribution >= 0.6 is 34.5 Å². The fourth-order valence-electron chi connectivity index (χ4n) is 1.89. The number of esters is 1. The zero-order valence-electron chi connectivity index (χ0n) is 12.6. The molecule has 2 aromatic rings. The summed E-state index contributed by atoms with van der Waals surface area (Å²) in [5, 5.41) is 3.61. The minimum absolute atomic E-state index is 0.278. The highest BCUT2D eigenvalue weighted by Crippen LogP contribution is 2.25. The minimum atomic E-state index is -0.500. The van der Waals surface area contributed by atoms with E-state index in [0.717, 1.165) is 10.4 Å². The van der Waals surface area contributed by atoms with Crippen LogP contribution in [0.4, 0.5) is 0 Å². The fourth-order valence-corrected chi connectivity index (χ4v) is 2.96. The molecule has 0 bridgehead atoms. The van der Waals surface area contributed by atoms with Crippen molar-refractivity contribution in [2.45, 2.75) is 19.9 Å². The molecule has 2 rings (SSSR count). The first kappa shape index (κ1) is 17.8. The van der Waals surface area contributed by atoms with Gasteiger partial charge in [0.25, 0.3) is 5.91 Å². The van der Waals surface area contributed by atoms with E-state index in [1.807, 2.05) is 19.9 Å². The third kappa shape index (κ3) is 4.96. The maximum atomic E-state index is 11.9. The molecule has 0 aliphatic rings. The number of hydrogen-bond donors (Lipinski definition) is 1. The van der Waals surface area contributed by atoms with E-state index in [0.29, 0.717) is 14.9 Å². The lowest BCUT2D eigenvalue weighted by atomic mass is 10.1. The molecule has 0 aliphatic heterocycles. The van der Waals surface area contributed by atoms with Gasteiger partial charge in [-0.15, -0.1) is 11.3 Å². The first-order valence-corrected chi connectivity index (χ1v) is 8.42. The molecule has 4 nitrogen and oxygen atoms in total. The number of carbonyl (C=O) groups excluding carboxylic acids is 2. The van der Waals surface area contributed by atoms with Gasteiger partial charge in [-0.25, -0.2) is 4.79 Å². The van der Waals surface area contributed by atoms with Crippen LogP contribution in [0.15, 0.2) is 30.3 Å². The second-order valence-electron chi connectivity index (χ2n) is 4.95. The molecule has 0 saturated carbocycles. The van der Waals surface area contributed by atoms with E-state index in [1.54, 1.807) is 24.3 Å². The zero-order chi connectivity index (χ0) is 17.0. The summed E-state index contributed by atoms with van der Waals surface area (Å²) < 4.78 is 5.00. The molecule has 7 heteroatoms. The lowest BCUT2D eigenvalue weighted by molar-refractivity contribution is -0.124. The van der Waals surface area contributed by atoms with Gasteiger partial charge in [-0.3, -0.25) is 4.79 Å². The Bertz CT molecular complexity index is 730. The van der Waals surface area contributed by atoms with Crippen LogP contribution in [0.3, 0.4) is 0 Å². The Balaban J connectivity index is 1.86. The van der Waals surface area contributed by atoms with E-state index < -0.39 is 5.97 Å². The molecular formula is C16H15Cl2NO3S. The first-order chi connectivity index (χ1) is 10.9. The number of hydrogen-bond acceptors (Lipinski definition) is 4. The number of rotatable bonds is 5. The molecule has 1 N–H and O–H groups in total. The van der Waals surface area contributed by atoms with Crippen molar-refractivity contribution in [3.05, 3.63) is 55.7 Å². The highest BCUT2D eigenvalue weighted by molar-refractivity contribution is 7.13. The van der Waals surface area contributed by atoms with Gasteiger partial charge in [-0.1, -0.05) is 29.3 Å². The van der Waals surface area contributed by atoms with Crippen LogP contribution in [-0.2, 0) is 9.53 Å². The highest BCUT2D eigenvalue weighted by Gasteiger charge is 2.14. The monoisotopic (exact) mass is 371 g/mol. The van der Waals surface area contributed by atoms with Crippen molar-refractivity contribution in [3.8, 4) is 0 Å². The van der Waals surface area contributed by atoms with Crippen molar-refractivity contribution in [2.24, 2.45) is 0 Å². The van der Waals surface area contributed by atoms with Gasteiger partial charge in [0, 0.05) is 4.88 Å². The van der Waals surface area contributed by atoms with Gasteiger partial charge in [0.2, 0.25) is 0 Å². The number of thiophene rings is 1. The Morgan fingerprint density at radius 2 is 1.96 bits per heavy atom. The van der Waals surface area contributed by atoms with Crippen LogP contribution < -0.4 is 5.32 Å². The van der Waals surface area contributed by atoms with E-state index in [-0.39, 0.29) is 18.6 Å². The second kappa shape index (κ2) is 7.81. The summed E-state index contributed by atoms with van der Waals surface area (Å²) in [5.41, 5.74) is 0.813. The quantitative estimate of drug-likeness (QED) is 0.792. The van der Waals surface area contributed by atoms with Gasteiger partial charge in [0.15, 0.2) is 6.61 Å². The van der Waals surface area contributed by atoms with Crippen LogP contribution in [0, 0.1) is 6.92 Å². The average Bonchev–Trinajstić information content (AvgIpc) is 2.94. The first-order valence-electron chi connectivity index (χ1n) is 6.84. The van der Waals surface area contributed by atoms with Crippen molar-refractivity contribution in [2.75, 3.05) is 6.61 Å². The number of ether oxygens (including phenoxy) is 1. The van der Waals surface area contributed by atoms with E-state index in [4.69, 9.17) is 27.9 Å². The van der Waals surface area contributed by atoms with Crippen LogP contribution in [0.1, 0.15) is 33.1 Å². The van der Waals surface area contributed by atoms with Gasteiger partial charge in [-0.05, 0) is 43.7 Å². The summed E-state index contributed by atoms with van der Waals surface area (Å²) in [6, 6.07) is 8.36.